The fourth-order valence-electron chi connectivity index (χ4n) is 0.754. The first-order chi connectivity index (χ1) is 5.33. The van der Waals surface area contributed by atoms with Gasteiger partial charge in [0.25, 0.3) is 0 Å². The fraction of sp³-hybridized carbons (Fsp3) is 0.250. The summed E-state index contributed by atoms with van der Waals surface area (Å²) in [4.78, 5) is 0. The van der Waals surface area contributed by atoms with Crippen LogP contribution in [0.5, 0.6) is 5.75 Å². The Hall–Kier alpha value is -0.740. The third kappa shape index (κ3) is 3.59. The van der Waals surface area contributed by atoms with Crippen LogP contribution in [0, 0.1) is 0 Å². The van der Waals surface area contributed by atoms with Gasteiger partial charge in [0, 0.05) is 5.69 Å². The van der Waals surface area contributed by atoms with Crippen LogP contribution < -0.4 is 33.2 Å². The molecule has 0 saturated carbocycles. The van der Waals surface area contributed by atoms with E-state index in [0.29, 0.717) is 6.61 Å². The first kappa shape index (κ1) is 11.3. The third-order valence-electron chi connectivity index (χ3n) is 1.29. The molecule has 0 aromatic heterocycles. The minimum atomic E-state index is 0. The molecule has 0 aliphatic carbocycles. The monoisotopic (exact) mass is 232 g/mol. The summed E-state index contributed by atoms with van der Waals surface area (Å²) in [6, 6.07) is 7.34. The molecular formula is C8H13BrN2O. The van der Waals surface area contributed by atoms with Gasteiger partial charge >= 0.3 is 0 Å². The highest BCUT2D eigenvalue weighted by molar-refractivity contribution is 5.41. The zero-order valence-corrected chi connectivity index (χ0v) is 8.38. The predicted octanol–water partition coefficient (Wildman–Crippen LogP) is -3.11. The average molecular weight is 233 g/mol. The summed E-state index contributed by atoms with van der Waals surface area (Å²) >= 11 is 0. The maximum Gasteiger partial charge on any atom is 0.137 e. The van der Waals surface area contributed by atoms with E-state index in [9.17, 15) is 0 Å². The van der Waals surface area contributed by atoms with Crippen molar-refractivity contribution in [1.82, 2.24) is 0 Å². The Balaban J connectivity index is 0.00000121. The van der Waals surface area contributed by atoms with Gasteiger partial charge in [0.05, 0.1) is 0 Å². The van der Waals surface area contributed by atoms with Crippen LogP contribution in [0.15, 0.2) is 24.3 Å². The van der Waals surface area contributed by atoms with Gasteiger partial charge in [-0.3, -0.25) is 0 Å². The van der Waals surface area contributed by atoms with Crippen LogP contribution in [0.3, 0.4) is 0 Å². The molecular weight excluding hydrogens is 220 g/mol. The number of benzene rings is 1. The maximum atomic E-state index is 5.49. The molecule has 0 aliphatic rings. The van der Waals surface area contributed by atoms with Crippen LogP contribution in [0.4, 0.5) is 5.69 Å². The number of ether oxygens (including phenoxy) is 1. The minimum absolute atomic E-state index is 0. The second-order valence-electron chi connectivity index (χ2n) is 2.27. The number of hydrogen-bond acceptors (Lipinski definition) is 2. The van der Waals surface area contributed by atoms with E-state index in [0.717, 1.165) is 18.0 Å². The molecule has 0 aliphatic heterocycles. The van der Waals surface area contributed by atoms with Crippen LogP contribution in [0.25, 0.3) is 0 Å². The summed E-state index contributed by atoms with van der Waals surface area (Å²) in [5.41, 5.74) is 9.91. The van der Waals surface area contributed by atoms with Gasteiger partial charge in [-0.2, -0.15) is 0 Å². The lowest BCUT2D eigenvalue weighted by Crippen LogP contribution is -3.00. The molecule has 0 bridgehead atoms. The number of halogens is 1. The number of rotatable bonds is 3. The van der Waals surface area contributed by atoms with Crippen molar-refractivity contribution in [2.24, 2.45) is 0 Å². The highest BCUT2D eigenvalue weighted by Gasteiger charge is 1.90. The van der Waals surface area contributed by atoms with Gasteiger partial charge < -0.3 is 33.2 Å². The van der Waals surface area contributed by atoms with Crippen molar-refractivity contribution in [1.29, 1.82) is 0 Å². The topological polar surface area (TPSA) is 62.9 Å². The molecule has 0 radical (unpaired) electrons. The second-order valence-corrected chi connectivity index (χ2v) is 2.27. The molecule has 0 spiro atoms. The maximum absolute atomic E-state index is 5.49. The summed E-state index contributed by atoms with van der Waals surface area (Å²) in [5, 5.41) is 0. The fourth-order valence-corrected chi connectivity index (χ4v) is 0.754. The van der Waals surface area contributed by atoms with Crippen LogP contribution in [0.1, 0.15) is 0 Å². The van der Waals surface area contributed by atoms with E-state index in [1.54, 1.807) is 0 Å². The van der Waals surface area contributed by atoms with E-state index in [1.807, 2.05) is 24.3 Å². The lowest BCUT2D eigenvalue weighted by molar-refractivity contribution is -0.370. The molecule has 1 aromatic carbocycles. The van der Waals surface area contributed by atoms with E-state index in [1.165, 1.54) is 0 Å². The van der Waals surface area contributed by atoms with Gasteiger partial charge in [0.15, 0.2) is 0 Å². The quantitative estimate of drug-likeness (QED) is 0.543. The highest BCUT2D eigenvalue weighted by atomic mass is 79.9. The van der Waals surface area contributed by atoms with Crippen molar-refractivity contribution in [3.05, 3.63) is 24.3 Å². The summed E-state index contributed by atoms with van der Waals surface area (Å²) in [6.07, 6.45) is 0. The van der Waals surface area contributed by atoms with Crippen LogP contribution >= 0.6 is 0 Å². The molecule has 4 heteroatoms. The molecule has 0 atom stereocenters. The molecule has 68 valence electrons. The van der Waals surface area contributed by atoms with Crippen molar-refractivity contribution in [2.75, 3.05) is 18.9 Å². The largest absolute Gasteiger partial charge is 1.00 e. The lowest BCUT2D eigenvalue weighted by atomic mass is 10.3. The number of nitrogen functional groups attached to an aromatic ring is 1. The van der Waals surface area contributed by atoms with E-state index in [-0.39, 0.29) is 17.0 Å². The summed E-state index contributed by atoms with van der Waals surface area (Å²) < 4.78 is 5.29. The van der Waals surface area contributed by atoms with Crippen LogP contribution in [-0.2, 0) is 0 Å². The zero-order valence-electron chi connectivity index (χ0n) is 6.79. The second kappa shape index (κ2) is 5.85. The third-order valence-corrected chi connectivity index (χ3v) is 1.29. The van der Waals surface area contributed by atoms with Crippen LogP contribution in [-0.4, -0.2) is 13.2 Å². The highest BCUT2D eigenvalue weighted by Crippen LogP contribution is 2.12. The zero-order chi connectivity index (χ0) is 8.10. The average Bonchev–Trinajstić information content (AvgIpc) is 2.04. The Morgan fingerprint density at radius 2 is 1.83 bits per heavy atom. The van der Waals surface area contributed by atoms with Crippen molar-refractivity contribution in [2.45, 2.75) is 0 Å². The van der Waals surface area contributed by atoms with Crippen molar-refractivity contribution in [3.8, 4) is 5.75 Å². The van der Waals surface area contributed by atoms with Gasteiger partial charge in [0.1, 0.15) is 18.9 Å². The van der Waals surface area contributed by atoms with Crippen LogP contribution in [0.2, 0.25) is 0 Å². The Morgan fingerprint density at radius 3 is 2.33 bits per heavy atom. The molecule has 3 nitrogen and oxygen atoms in total. The van der Waals surface area contributed by atoms with Crippen molar-refractivity contribution >= 4 is 5.69 Å². The molecule has 12 heavy (non-hydrogen) atoms. The molecule has 5 N–H and O–H groups in total. The first-order valence-corrected chi connectivity index (χ1v) is 3.60. The molecule has 0 fully saturated rings. The van der Waals surface area contributed by atoms with E-state index >= 15 is 0 Å². The van der Waals surface area contributed by atoms with Crippen molar-refractivity contribution < 1.29 is 27.5 Å². The Kier molecular flexibility index (Phi) is 5.49. The summed E-state index contributed by atoms with van der Waals surface area (Å²) in [7, 11) is 0. The smallest absolute Gasteiger partial charge is 0.137 e. The SMILES string of the molecule is Nc1ccc(OCC[NH3+])cc1.[Br-]. The Bertz CT molecular complexity index is 213. The number of nitrogens with two attached hydrogens (primary N) is 1. The van der Waals surface area contributed by atoms with Gasteiger partial charge in [-0.15, -0.1) is 0 Å². The minimum Gasteiger partial charge on any atom is -1.00 e. The van der Waals surface area contributed by atoms with Gasteiger partial charge in [-0.05, 0) is 24.3 Å². The molecule has 0 amide bonds. The lowest BCUT2D eigenvalue weighted by Gasteiger charge is -2.02. The number of quaternary nitrogens is 1. The predicted molar refractivity (Wildman–Crippen MR) is 44.1 cm³/mol. The molecule has 1 rings (SSSR count). The number of hydrogen-bond donors (Lipinski definition) is 2. The standard InChI is InChI=1S/C8H12N2O.BrH/c9-5-6-11-8-3-1-7(10)2-4-8;/h1-4H,5-6,9-10H2;1H. The molecule has 0 unspecified atom stereocenters. The van der Waals surface area contributed by atoms with E-state index in [2.05, 4.69) is 5.73 Å². The van der Waals surface area contributed by atoms with Gasteiger partial charge in [-0.25, -0.2) is 0 Å². The van der Waals surface area contributed by atoms with Gasteiger partial charge in [0.2, 0.25) is 0 Å². The van der Waals surface area contributed by atoms with Crippen molar-refractivity contribution in [3.63, 3.8) is 0 Å². The van der Waals surface area contributed by atoms with Gasteiger partial charge in [-0.1, -0.05) is 0 Å². The number of anilines is 1. The van der Waals surface area contributed by atoms with E-state index in [4.69, 9.17) is 10.5 Å². The van der Waals surface area contributed by atoms with E-state index < -0.39 is 0 Å². The summed E-state index contributed by atoms with van der Waals surface area (Å²) in [6.45, 7) is 1.44. The Morgan fingerprint density at radius 1 is 1.25 bits per heavy atom. The molecule has 1 aromatic rings. The Labute approximate surface area is 82.5 Å². The molecule has 0 heterocycles. The first-order valence-electron chi connectivity index (χ1n) is 3.60. The molecule has 0 saturated heterocycles. The normalized spacial score (nSPS) is 8.75. The summed E-state index contributed by atoms with van der Waals surface area (Å²) in [5.74, 6) is 0.850.